The highest BCUT2D eigenvalue weighted by atomic mass is 79.9. The van der Waals surface area contributed by atoms with E-state index in [1.165, 1.54) is 0 Å². The molecule has 0 aliphatic heterocycles. The molecule has 0 aromatic heterocycles. The molecule has 0 radical (unpaired) electrons. The van der Waals surface area contributed by atoms with E-state index in [0.29, 0.717) is 18.8 Å². The van der Waals surface area contributed by atoms with Gasteiger partial charge in [-0.1, -0.05) is 29.3 Å². The molecule has 0 fully saturated rings. The van der Waals surface area contributed by atoms with E-state index in [2.05, 4.69) is 15.9 Å². The molecule has 1 unspecified atom stereocenters. The van der Waals surface area contributed by atoms with Crippen LogP contribution in [0.25, 0.3) is 0 Å². The van der Waals surface area contributed by atoms with Gasteiger partial charge >= 0.3 is 5.97 Å². The minimum atomic E-state index is -0.340. The van der Waals surface area contributed by atoms with Crippen LogP contribution in [0.2, 0.25) is 0 Å². The number of halogens is 1. The summed E-state index contributed by atoms with van der Waals surface area (Å²) in [6, 6.07) is 5.70. The normalized spacial score (nSPS) is 12.0. The van der Waals surface area contributed by atoms with Crippen molar-refractivity contribution < 1.29 is 14.3 Å². The van der Waals surface area contributed by atoms with Gasteiger partial charge in [0, 0.05) is 10.5 Å². The SMILES string of the molecule is CCCCOC(=O)COc1ccc(Br)cc1CC(C)N. The summed E-state index contributed by atoms with van der Waals surface area (Å²) in [4.78, 5) is 11.5. The lowest BCUT2D eigenvalue weighted by Crippen LogP contribution is -2.20. The summed E-state index contributed by atoms with van der Waals surface area (Å²) in [5.74, 6) is 0.339. The van der Waals surface area contributed by atoms with Crippen molar-refractivity contribution in [2.45, 2.75) is 39.2 Å². The first-order valence-corrected chi connectivity index (χ1v) is 7.64. The molecule has 0 aliphatic carbocycles. The zero-order chi connectivity index (χ0) is 15.0. The van der Waals surface area contributed by atoms with Crippen LogP contribution in [-0.4, -0.2) is 25.2 Å². The van der Waals surface area contributed by atoms with Gasteiger partial charge in [-0.15, -0.1) is 0 Å². The van der Waals surface area contributed by atoms with Crippen molar-refractivity contribution in [2.75, 3.05) is 13.2 Å². The highest BCUT2D eigenvalue weighted by Crippen LogP contribution is 2.24. The van der Waals surface area contributed by atoms with E-state index < -0.39 is 0 Å². The molecule has 0 saturated carbocycles. The second-order valence-corrected chi connectivity index (χ2v) is 5.71. The van der Waals surface area contributed by atoms with E-state index in [4.69, 9.17) is 15.2 Å². The minimum Gasteiger partial charge on any atom is -0.482 e. The fourth-order valence-electron chi connectivity index (χ4n) is 1.70. The smallest absolute Gasteiger partial charge is 0.344 e. The lowest BCUT2D eigenvalue weighted by molar-refractivity contribution is -0.146. The molecule has 1 atom stereocenters. The van der Waals surface area contributed by atoms with E-state index >= 15 is 0 Å². The summed E-state index contributed by atoms with van der Waals surface area (Å²) in [6.45, 7) is 4.36. The molecule has 0 saturated heterocycles. The van der Waals surface area contributed by atoms with Gasteiger partial charge in [0.1, 0.15) is 5.75 Å². The number of ether oxygens (including phenoxy) is 2. The zero-order valence-corrected chi connectivity index (χ0v) is 13.6. The fraction of sp³-hybridized carbons (Fsp3) is 0.533. The molecule has 1 rings (SSSR count). The van der Waals surface area contributed by atoms with Gasteiger partial charge in [-0.3, -0.25) is 0 Å². The van der Waals surface area contributed by atoms with Crippen molar-refractivity contribution in [1.82, 2.24) is 0 Å². The van der Waals surface area contributed by atoms with Gasteiger partial charge in [0.05, 0.1) is 6.61 Å². The Bertz CT molecular complexity index is 435. The number of benzene rings is 1. The van der Waals surface area contributed by atoms with Crippen molar-refractivity contribution >= 4 is 21.9 Å². The largest absolute Gasteiger partial charge is 0.482 e. The molecule has 0 amide bonds. The Morgan fingerprint density at radius 2 is 2.20 bits per heavy atom. The Morgan fingerprint density at radius 3 is 2.85 bits per heavy atom. The van der Waals surface area contributed by atoms with Gasteiger partial charge in [0.15, 0.2) is 6.61 Å². The third kappa shape index (κ3) is 6.39. The first kappa shape index (κ1) is 17.0. The first-order chi connectivity index (χ1) is 9.52. The maximum atomic E-state index is 11.5. The molecule has 20 heavy (non-hydrogen) atoms. The molecular formula is C15H22BrNO3. The molecule has 0 bridgehead atoms. The second kappa shape index (κ2) is 8.97. The van der Waals surface area contributed by atoms with E-state index in [0.717, 1.165) is 22.9 Å². The predicted octanol–water partition coefficient (Wildman–Crippen LogP) is 3.06. The maximum Gasteiger partial charge on any atom is 0.344 e. The molecular weight excluding hydrogens is 322 g/mol. The Balaban J connectivity index is 2.56. The number of rotatable bonds is 8. The molecule has 2 N–H and O–H groups in total. The van der Waals surface area contributed by atoms with Gasteiger partial charge in [0.25, 0.3) is 0 Å². The summed E-state index contributed by atoms with van der Waals surface area (Å²) >= 11 is 3.42. The Hall–Kier alpha value is -1.07. The number of carbonyl (C=O) groups is 1. The van der Waals surface area contributed by atoms with Gasteiger partial charge in [0.2, 0.25) is 0 Å². The predicted molar refractivity (Wildman–Crippen MR) is 82.9 cm³/mol. The van der Waals surface area contributed by atoms with Crippen LogP contribution >= 0.6 is 15.9 Å². The van der Waals surface area contributed by atoms with E-state index in [1.54, 1.807) is 0 Å². The lowest BCUT2D eigenvalue weighted by atomic mass is 10.1. The molecule has 0 aliphatic rings. The summed E-state index contributed by atoms with van der Waals surface area (Å²) in [7, 11) is 0. The number of nitrogens with two attached hydrogens (primary N) is 1. The monoisotopic (exact) mass is 343 g/mol. The Morgan fingerprint density at radius 1 is 1.45 bits per heavy atom. The van der Waals surface area contributed by atoms with Crippen LogP contribution in [0.3, 0.4) is 0 Å². The van der Waals surface area contributed by atoms with E-state index in [9.17, 15) is 4.79 Å². The van der Waals surface area contributed by atoms with Crippen molar-refractivity contribution in [1.29, 1.82) is 0 Å². The summed E-state index contributed by atoms with van der Waals surface area (Å²) in [5.41, 5.74) is 6.80. The number of hydrogen-bond acceptors (Lipinski definition) is 4. The maximum absolute atomic E-state index is 11.5. The number of esters is 1. The number of hydrogen-bond donors (Lipinski definition) is 1. The van der Waals surface area contributed by atoms with E-state index in [-0.39, 0.29) is 18.6 Å². The van der Waals surface area contributed by atoms with Gasteiger partial charge in [-0.05, 0) is 43.5 Å². The Labute approximate surface area is 128 Å². The quantitative estimate of drug-likeness (QED) is 0.582. The zero-order valence-electron chi connectivity index (χ0n) is 12.0. The highest BCUT2D eigenvalue weighted by molar-refractivity contribution is 9.10. The summed E-state index contributed by atoms with van der Waals surface area (Å²) < 4.78 is 11.5. The molecule has 5 heteroatoms. The van der Waals surface area contributed by atoms with Crippen LogP contribution in [-0.2, 0) is 16.0 Å². The van der Waals surface area contributed by atoms with Crippen LogP contribution in [0.15, 0.2) is 22.7 Å². The fourth-order valence-corrected chi connectivity index (χ4v) is 2.11. The van der Waals surface area contributed by atoms with E-state index in [1.807, 2.05) is 32.0 Å². The number of carbonyl (C=O) groups excluding carboxylic acids is 1. The highest BCUT2D eigenvalue weighted by Gasteiger charge is 2.10. The minimum absolute atomic E-state index is 0.0307. The van der Waals surface area contributed by atoms with Gasteiger partial charge in [-0.2, -0.15) is 0 Å². The van der Waals surface area contributed by atoms with Crippen molar-refractivity contribution in [3.05, 3.63) is 28.2 Å². The van der Waals surface area contributed by atoms with Crippen LogP contribution in [0.5, 0.6) is 5.75 Å². The topological polar surface area (TPSA) is 61.5 Å². The van der Waals surface area contributed by atoms with Crippen LogP contribution < -0.4 is 10.5 Å². The van der Waals surface area contributed by atoms with Crippen molar-refractivity contribution in [3.63, 3.8) is 0 Å². The molecule has 0 spiro atoms. The van der Waals surface area contributed by atoms with Gasteiger partial charge in [-0.25, -0.2) is 4.79 Å². The average molecular weight is 344 g/mol. The van der Waals surface area contributed by atoms with Crippen LogP contribution in [0.1, 0.15) is 32.3 Å². The molecule has 0 heterocycles. The standard InChI is InChI=1S/C15H22BrNO3/c1-3-4-7-19-15(18)10-20-14-6-5-13(16)9-12(14)8-11(2)17/h5-6,9,11H,3-4,7-8,10,17H2,1-2H3. The summed E-state index contributed by atoms with van der Waals surface area (Å²) in [6.07, 6.45) is 2.57. The Kier molecular flexibility index (Phi) is 7.62. The molecule has 112 valence electrons. The molecule has 1 aromatic rings. The third-order valence-corrected chi connectivity index (χ3v) is 3.16. The van der Waals surface area contributed by atoms with Crippen LogP contribution in [0.4, 0.5) is 0 Å². The number of unbranched alkanes of at least 4 members (excludes halogenated alkanes) is 1. The third-order valence-electron chi connectivity index (χ3n) is 2.67. The first-order valence-electron chi connectivity index (χ1n) is 6.85. The van der Waals surface area contributed by atoms with Crippen molar-refractivity contribution in [2.24, 2.45) is 5.73 Å². The second-order valence-electron chi connectivity index (χ2n) is 4.80. The van der Waals surface area contributed by atoms with Crippen LogP contribution in [0, 0.1) is 0 Å². The lowest BCUT2D eigenvalue weighted by Gasteiger charge is -2.13. The molecule has 4 nitrogen and oxygen atoms in total. The molecule has 1 aromatic carbocycles. The van der Waals surface area contributed by atoms with Crippen molar-refractivity contribution in [3.8, 4) is 5.75 Å². The summed E-state index contributed by atoms with van der Waals surface area (Å²) in [5, 5.41) is 0. The average Bonchev–Trinajstić information content (AvgIpc) is 2.37. The van der Waals surface area contributed by atoms with Gasteiger partial charge < -0.3 is 15.2 Å².